The van der Waals surface area contributed by atoms with E-state index in [2.05, 4.69) is 16.0 Å². The number of rotatable bonds is 3. The van der Waals surface area contributed by atoms with Gasteiger partial charge in [-0.15, -0.1) is 12.4 Å². The second-order valence-electron chi connectivity index (χ2n) is 5.69. The van der Waals surface area contributed by atoms with Crippen LogP contribution in [0.2, 0.25) is 0 Å². The lowest BCUT2D eigenvalue weighted by molar-refractivity contribution is 0.0962. The Morgan fingerprint density at radius 2 is 2.05 bits per heavy atom. The minimum atomic E-state index is 0. The molecule has 1 aliphatic carbocycles. The van der Waals surface area contributed by atoms with Crippen LogP contribution in [0.3, 0.4) is 0 Å². The number of halogens is 1. The molecular weight excluding hydrogens is 288 g/mol. The minimum absolute atomic E-state index is 0. The highest BCUT2D eigenvalue weighted by Crippen LogP contribution is 2.32. The van der Waals surface area contributed by atoms with Gasteiger partial charge in [-0.25, -0.2) is 4.98 Å². The zero-order chi connectivity index (χ0) is 13.9. The molecule has 1 saturated carbocycles. The van der Waals surface area contributed by atoms with Gasteiger partial charge in [0.15, 0.2) is 0 Å². The Kier molecular flexibility index (Phi) is 5.27. The molecule has 2 N–H and O–H groups in total. The molecule has 0 radical (unpaired) electrons. The summed E-state index contributed by atoms with van der Waals surface area (Å²) in [5.41, 5.74) is 6.84. The Hall–Kier alpha value is -1.51. The van der Waals surface area contributed by atoms with Crippen LogP contribution in [0, 0.1) is 17.2 Å². The second-order valence-corrected chi connectivity index (χ2v) is 5.69. The van der Waals surface area contributed by atoms with Crippen molar-refractivity contribution >= 4 is 18.1 Å². The van der Waals surface area contributed by atoms with E-state index in [1.54, 1.807) is 6.20 Å². The van der Waals surface area contributed by atoms with Gasteiger partial charge in [0.2, 0.25) is 5.88 Å². The molecule has 114 valence electrons. The number of aromatic nitrogens is 1. The van der Waals surface area contributed by atoms with Crippen LogP contribution >= 0.6 is 12.4 Å². The topological polar surface area (TPSA) is 75.2 Å². The standard InChI is InChI=1S/C15H20N4O.ClH/c16-10-11-3-6-19(7-4-11)14-2-1-5-18-15(14)20-13-8-12(17)9-13;/h1-2,5,11-13H,3-4,6-9,17H2;1H/t12-,13-;. The fourth-order valence-corrected chi connectivity index (χ4v) is 2.82. The van der Waals surface area contributed by atoms with Gasteiger partial charge in [0.1, 0.15) is 6.10 Å². The molecule has 3 rings (SSSR count). The normalized spacial score (nSPS) is 25.4. The number of piperidine rings is 1. The number of pyridine rings is 1. The van der Waals surface area contributed by atoms with Gasteiger partial charge in [-0.2, -0.15) is 5.26 Å². The number of hydrogen-bond donors (Lipinski definition) is 1. The molecule has 1 aliphatic heterocycles. The zero-order valence-corrected chi connectivity index (χ0v) is 12.8. The van der Waals surface area contributed by atoms with Gasteiger partial charge in [-0.1, -0.05) is 0 Å². The molecule has 0 bridgehead atoms. The number of nitriles is 1. The van der Waals surface area contributed by atoms with E-state index in [1.807, 2.05) is 12.1 Å². The summed E-state index contributed by atoms with van der Waals surface area (Å²) in [4.78, 5) is 6.64. The predicted molar refractivity (Wildman–Crippen MR) is 83.7 cm³/mol. The largest absolute Gasteiger partial charge is 0.473 e. The Labute approximate surface area is 131 Å². The van der Waals surface area contributed by atoms with Crippen LogP contribution in [0.25, 0.3) is 0 Å². The van der Waals surface area contributed by atoms with Crippen LogP contribution in [-0.4, -0.2) is 30.2 Å². The van der Waals surface area contributed by atoms with E-state index in [4.69, 9.17) is 15.7 Å². The van der Waals surface area contributed by atoms with Crippen molar-refractivity contribution in [2.45, 2.75) is 37.8 Å². The molecule has 2 aliphatic rings. The number of anilines is 1. The predicted octanol–water partition coefficient (Wildman–Crippen LogP) is 2.11. The van der Waals surface area contributed by atoms with E-state index in [9.17, 15) is 0 Å². The Bertz CT molecular complexity index is 505. The molecule has 0 aromatic carbocycles. The maximum Gasteiger partial charge on any atom is 0.237 e. The first-order valence-electron chi connectivity index (χ1n) is 7.28. The van der Waals surface area contributed by atoms with Crippen molar-refractivity contribution in [3.05, 3.63) is 18.3 Å². The molecule has 2 fully saturated rings. The summed E-state index contributed by atoms with van der Waals surface area (Å²) in [6.45, 7) is 1.79. The number of nitrogens with zero attached hydrogens (tertiary/aromatic N) is 3. The third-order valence-corrected chi connectivity index (χ3v) is 4.18. The summed E-state index contributed by atoms with van der Waals surface area (Å²) in [5, 5.41) is 8.97. The van der Waals surface area contributed by atoms with Crippen molar-refractivity contribution in [3.8, 4) is 11.9 Å². The van der Waals surface area contributed by atoms with Crippen LogP contribution < -0.4 is 15.4 Å². The van der Waals surface area contributed by atoms with E-state index < -0.39 is 0 Å². The highest BCUT2D eigenvalue weighted by atomic mass is 35.5. The Balaban J connectivity index is 0.00000161. The molecule has 0 spiro atoms. The van der Waals surface area contributed by atoms with E-state index in [-0.39, 0.29) is 30.5 Å². The van der Waals surface area contributed by atoms with E-state index >= 15 is 0 Å². The zero-order valence-electron chi connectivity index (χ0n) is 11.9. The van der Waals surface area contributed by atoms with Crippen LogP contribution in [0.15, 0.2) is 18.3 Å². The van der Waals surface area contributed by atoms with Gasteiger partial charge in [0, 0.05) is 31.2 Å². The van der Waals surface area contributed by atoms with Gasteiger partial charge >= 0.3 is 0 Å². The molecule has 1 saturated heterocycles. The summed E-state index contributed by atoms with van der Waals surface area (Å²) in [6.07, 6.45) is 5.62. The van der Waals surface area contributed by atoms with Gasteiger partial charge in [0.25, 0.3) is 0 Å². The molecule has 2 heterocycles. The molecule has 5 nitrogen and oxygen atoms in total. The molecule has 21 heavy (non-hydrogen) atoms. The third kappa shape index (κ3) is 3.58. The lowest BCUT2D eigenvalue weighted by Gasteiger charge is -2.35. The molecule has 1 aromatic heterocycles. The van der Waals surface area contributed by atoms with E-state index in [0.29, 0.717) is 5.88 Å². The van der Waals surface area contributed by atoms with Gasteiger partial charge in [-0.05, 0) is 37.8 Å². The maximum absolute atomic E-state index is 8.97. The number of nitrogens with two attached hydrogens (primary N) is 1. The van der Waals surface area contributed by atoms with Gasteiger partial charge in [0.05, 0.1) is 11.8 Å². The van der Waals surface area contributed by atoms with Crippen LogP contribution in [-0.2, 0) is 0 Å². The first-order valence-corrected chi connectivity index (χ1v) is 7.28. The smallest absolute Gasteiger partial charge is 0.237 e. The van der Waals surface area contributed by atoms with E-state index in [0.717, 1.165) is 44.5 Å². The summed E-state index contributed by atoms with van der Waals surface area (Å²) in [5.74, 6) is 0.900. The van der Waals surface area contributed by atoms with Crippen molar-refractivity contribution in [2.75, 3.05) is 18.0 Å². The van der Waals surface area contributed by atoms with Crippen LogP contribution in [0.5, 0.6) is 5.88 Å². The first kappa shape index (κ1) is 15.9. The summed E-state index contributed by atoms with van der Waals surface area (Å²) in [6, 6.07) is 6.62. The Morgan fingerprint density at radius 1 is 1.33 bits per heavy atom. The number of ether oxygens (including phenoxy) is 1. The SMILES string of the molecule is Cl.N#CC1CCN(c2cccnc2O[C@H]2C[C@H](N)C2)CC1. The molecule has 0 amide bonds. The second kappa shape index (κ2) is 6.97. The lowest BCUT2D eigenvalue weighted by Crippen LogP contribution is -2.43. The van der Waals surface area contributed by atoms with Crippen LogP contribution in [0.1, 0.15) is 25.7 Å². The maximum atomic E-state index is 8.97. The fourth-order valence-electron chi connectivity index (χ4n) is 2.82. The minimum Gasteiger partial charge on any atom is -0.473 e. The molecule has 0 atom stereocenters. The summed E-state index contributed by atoms with van der Waals surface area (Å²) < 4.78 is 5.96. The summed E-state index contributed by atoms with van der Waals surface area (Å²) >= 11 is 0. The van der Waals surface area contributed by atoms with Crippen molar-refractivity contribution < 1.29 is 4.74 Å². The quantitative estimate of drug-likeness (QED) is 0.925. The van der Waals surface area contributed by atoms with Gasteiger partial charge in [-0.3, -0.25) is 0 Å². The molecule has 6 heteroatoms. The molecular formula is C15H21ClN4O. The van der Waals surface area contributed by atoms with Crippen molar-refractivity contribution in [1.29, 1.82) is 5.26 Å². The molecule has 1 aromatic rings. The van der Waals surface area contributed by atoms with Crippen molar-refractivity contribution in [1.82, 2.24) is 4.98 Å². The monoisotopic (exact) mass is 308 g/mol. The summed E-state index contributed by atoms with van der Waals surface area (Å²) in [7, 11) is 0. The van der Waals surface area contributed by atoms with Crippen LogP contribution in [0.4, 0.5) is 5.69 Å². The Morgan fingerprint density at radius 3 is 2.67 bits per heavy atom. The fraction of sp³-hybridized carbons (Fsp3) is 0.600. The number of hydrogen-bond acceptors (Lipinski definition) is 5. The average Bonchev–Trinajstić information content (AvgIpc) is 2.46. The van der Waals surface area contributed by atoms with Crippen molar-refractivity contribution in [2.24, 2.45) is 11.7 Å². The van der Waals surface area contributed by atoms with E-state index in [1.165, 1.54) is 0 Å². The highest BCUT2D eigenvalue weighted by Gasteiger charge is 2.29. The highest BCUT2D eigenvalue weighted by molar-refractivity contribution is 5.85. The average molecular weight is 309 g/mol. The molecule has 0 unspecified atom stereocenters. The lowest BCUT2D eigenvalue weighted by atomic mass is 9.90. The van der Waals surface area contributed by atoms with Gasteiger partial charge < -0.3 is 15.4 Å². The first-order chi connectivity index (χ1) is 9.76. The van der Waals surface area contributed by atoms with Crippen molar-refractivity contribution in [3.63, 3.8) is 0 Å². The third-order valence-electron chi connectivity index (χ3n) is 4.18.